The van der Waals surface area contributed by atoms with Gasteiger partial charge in [-0.2, -0.15) is 23.5 Å². The van der Waals surface area contributed by atoms with Crippen molar-refractivity contribution in [2.75, 3.05) is 6.54 Å². The predicted octanol–water partition coefficient (Wildman–Crippen LogP) is 3.05. The van der Waals surface area contributed by atoms with Crippen LogP contribution in [-0.2, 0) is 19.2 Å². The molecule has 2 atom stereocenters. The number of hydrogen-bond acceptors (Lipinski definition) is 5. The molecule has 0 aliphatic carbocycles. The molecule has 0 saturated carbocycles. The molecule has 0 bridgehead atoms. The number of carbonyl (C=O) groups excluding carboxylic acids is 1. The zero-order valence-electron chi connectivity index (χ0n) is 17.4. The topological polar surface area (TPSA) is 100.0 Å². The fourth-order valence-electron chi connectivity index (χ4n) is 3.98. The van der Waals surface area contributed by atoms with E-state index >= 15 is 0 Å². The molecule has 2 aromatic heterocycles. The fourth-order valence-corrected chi connectivity index (χ4v) is 3.98. The Morgan fingerprint density at radius 3 is 2.66 bits per heavy atom. The number of halogens is 4. The van der Waals surface area contributed by atoms with Crippen LogP contribution in [-0.4, -0.2) is 48.0 Å². The summed E-state index contributed by atoms with van der Waals surface area (Å²) in [5.74, 6) is -0.831. The summed E-state index contributed by atoms with van der Waals surface area (Å²) >= 11 is 0. The van der Waals surface area contributed by atoms with E-state index in [0.717, 1.165) is 0 Å². The molecular weight excluding hydrogens is 449 g/mol. The molecule has 12 heteroatoms. The molecule has 2 unspecified atom stereocenters. The number of aliphatic hydroxyl groups is 1. The van der Waals surface area contributed by atoms with Crippen LogP contribution in [0.25, 0.3) is 10.9 Å². The second-order valence-electron chi connectivity index (χ2n) is 7.86. The van der Waals surface area contributed by atoms with Crippen molar-refractivity contribution in [2.24, 2.45) is 7.05 Å². The van der Waals surface area contributed by atoms with Crippen LogP contribution in [0.5, 0.6) is 0 Å². The van der Waals surface area contributed by atoms with Crippen molar-refractivity contribution in [3.63, 3.8) is 0 Å². The molecule has 1 aliphatic heterocycles. The highest BCUT2D eigenvalue weighted by Crippen LogP contribution is 2.40. The van der Waals surface area contributed by atoms with Gasteiger partial charge in [0.15, 0.2) is 5.82 Å². The van der Waals surface area contributed by atoms with Crippen molar-refractivity contribution in [3.05, 3.63) is 47.2 Å². The number of nitriles is 1. The molecule has 1 amide bonds. The summed E-state index contributed by atoms with van der Waals surface area (Å²) in [4.78, 5) is 18.7. The molecule has 32 heavy (non-hydrogen) atoms. The lowest BCUT2D eigenvalue weighted by Gasteiger charge is -2.36. The Bertz CT molecular complexity index is 1240. The Morgan fingerprint density at radius 1 is 1.34 bits per heavy atom. The van der Waals surface area contributed by atoms with E-state index in [0.29, 0.717) is 34.8 Å². The van der Waals surface area contributed by atoms with Crippen molar-refractivity contribution < 1.29 is 23.1 Å². The molecule has 0 saturated heterocycles. The van der Waals surface area contributed by atoms with Gasteiger partial charge in [-0.3, -0.25) is 9.48 Å². The molecule has 3 aromatic rings. The Kier molecular flexibility index (Phi) is 5.74. The number of benzene rings is 1. The van der Waals surface area contributed by atoms with Crippen LogP contribution in [0.15, 0.2) is 24.4 Å². The van der Waals surface area contributed by atoms with E-state index in [4.69, 9.17) is 5.26 Å². The van der Waals surface area contributed by atoms with E-state index in [2.05, 4.69) is 10.1 Å². The normalized spacial score (nSPS) is 17.9. The van der Waals surface area contributed by atoms with Crippen LogP contribution in [0.1, 0.15) is 47.5 Å². The number of imidazole rings is 1. The second-order valence-corrected chi connectivity index (χ2v) is 7.86. The predicted molar refractivity (Wildman–Crippen MR) is 110 cm³/mol. The van der Waals surface area contributed by atoms with E-state index in [1.807, 2.05) is 6.07 Å². The number of nitrogens with zero attached hydrogens (tertiary/aromatic N) is 6. The third-order valence-electron chi connectivity index (χ3n) is 5.59. The largest absolute Gasteiger partial charge is 0.424 e. The standard InChI is InChI=1S/C20H19F3N6O2.ClH/c1-11-9-28(10-13-8-25-18(29(11)13)19(2,31)20(21,22)23)17(30)16-14-5-4-12(7-24)6-15(14)26-27(16)3;/h4-6,8,11,31H,9-10H2,1-3H3;1H. The average Bonchev–Trinajstić information content (AvgIpc) is 3.26. The first-order chi connectivity index (χ1) is 14.5. The molecule has 170 valence electrons. The average molecular weight is 469 g/mol. The first-order valence-corrected chi connectivity index (χ1v) is 9.47. The minimum atomic E-state index is -4.89. The first-order valence-electron chi connectivity index (χ1n) is 9.47. The van der Waals surface area contributed by atoms with Crippen molar-refractivity contribution >= 4 is 29.2 Å². The summed E-state index contributed by atoms with van der Waals surface area (Å²) in [6, 6.07) is 6.33. The lowest BCUT2D eigenvalue weighted by molar-refractivity contribution is -0.263. The molecule has 0 radical (unpaired) electrons. The smallest absolute Gasteiger partial charge is 0.374 e. The molecule has 1 N–H and O–H groups in total. The van der Waals surface area contributed by atoms with Gasteiger partial charge in [-0.05, 0) is 32.0 Å². The summed E-state index contributed by atoms with van der Waals surface area (Å²) in [7, 11) is 1.62. The number of aryl methyl sites for hydroxylation is 1. The van der Waals surface area contributed by atoms with Crippen LogP contribution in [0.2, 0.25) is 0 Å². The van der Waals surface area contributed by atoms with Gasteiger partial charge in [0.05, 0.1) is 41.6 Å². The highest BCUT2D eigenvalue weighted by atomic mass is 35.5. The highest BCUT2D eigenvalue weighted by Gasteiger charge is 2.55. The van der Waals surface area contributed by atoms with Gasteiger partial charge >= 0.3 is 6.18 Å². The Morgan fingerprint density at radius 2 is 2.03 bits per heavy atom. The van der Waals surface area contributed by atoms with Gasteiger partial charge < -0.3 is 14.6 Å². The third-order valence-corrected chi connectivity index (χ3v) is 5.59. The number of fused-ring (bicyclic) bond motifs is 2. The maximum absolute atomic E-state index is 13.3. The summed E-state index contributed by atoms with van der Waals surface area (Å²) in [5.41, 5.74) is -1.47. The molecule has 8 nitrogen and oxygen atoms in total. The van der Waals surface area contributed by atoms with Crippen LogP contribution in [0.3, 0.4) is 0 Å². The Labute approximate surface area is 187 Å². The van der Waals surface area contributed by atoms with Gasteiger partial charge in [0.2, 0.25) is 5.60 Å². The SMILES string of the molecule is CC1CN(C(=O)c2c3ccc(C#N)cc3nn2C)Cc2cnc(C(C)(O)C(F)(F)F)n21.Cl. The van der Waals surface area contributed by atoms with Crippen LogP contribution < -0.4 is 0 Å². The van der Waals surface area contributed by atoms with Gasteiger partial charge in [-0.1, -0.05) is 0 Å². The monoisotopic (exact) mass is 468 g/mol. The second kappa shape index (κ2) is 7.79. The first kappa shape index (κ1) is 23.6. The number of hydrogen-bond donors (Lipinski definition) is 1. The Balaban J connectivity index is 0.00000289. The maximum atomic E-state index is 13.3. The van der Waals surface area contributed by atoms with Crippen molar-refractivity contribution in [3.8, 4) is 6.07 Å². The van der Waals surface area contributed by atoms with E-state index in [1.54, 1.807) is 32.2 Å². The van der Waals surface area contributed by atoms with E-state index in [9.17, 15) is 23.1 Å². The highest BCUT2D eigenvalue weighted by molar-refractivity contribution is 6.05. The number of rotatable bonds is 2. The van der Waals surface area contributed by atoms with Gasteiger partial charge in [-0.25, -0.2) is 4.98 Å². The van der Waals surface area contributed by atoms with E-state index in [-0.39, 0.29) is 31.4 Å². The molecular formula is C20H20ClF3N6O2. The van der Waals surface area contributed by atoms with Gasteiger partial charge in [0, 0.05) is 19.0 Å². The van der Waals surface area contributed by atoms with Gasteiger partial charge in [-0.15, -0.1) is 12.4 Å². The van der Waals surface area contributed by atoms with Crippen molar-refractivity contribution in [2.45, 2.75) is 38.2 Å². The maximum Gasteiger partial charge on any atom is 0.424 e. The van der Waals surface area contributed by atoms with Crippen LogP contribution in [0, 0.1) is 11.3 Å². The summed E-state index contributed by atoms with van der Waals surface area (Å²) in [6.07, 6.45) is -3.64. The van der Waals surface area contributed by atoms with Gasteiger partial charge in [0.25, 0.3) is 5.91 Å². The molecule has 3 heterocycles. The third kappa shape index (κ3) is 3.49. The Hall–Kier alpha value is -3.10. The summed E-state index contributed by atoms with van der Waals surface area (Å²) in [6.45, 7) is 2.50. The number of carbonyl (C=O) groups is 1. The summed E-state index contributed by atoms with van der Waals surface area (Å²) < 4.78 is 42.8. The van der Waals surface area contributed by atoms with Gasteiger partial charge in [0.1, 0.15) is 5.69 Å². The van der Waals surface area contributed by atoms with E-state index < -0.39 is 23.6 Å². The molecule has 1 aliphatic rings. The van der Waals surface area contributed by atoms with Crippen molar-refractivity contribution in [1.29, 1.82) is 5.26 Å². The lowest BCUT2D eigenvalue weighted by Crippen LogP contribution is -2.46. The zero-order chi connectivity index (χ0) is 22.7. The van der Waals surface area contributed by atoms with Crippen LogP contribution in [0.4, 0.5) is 13.2 Å². The number of aromatic nitrogens is 4. The minimum absolute atomic E-state index is 0. The van der Waals surface area contributed by atoms with E-state index in [1.165, 1.54) is 20.3 Å². The lowest BCUT2D eigenvalue weighted by atomic mass is 10.0. The quantitative estimate of drug-likeness (QED) is 0.623. The summed E-state index contributed by atoms with van der Waals surface area (Å²) in [5, 5.41) is 24.0. The fraction of sp³-hybridized carbons (Fsp3) is 0.400. The minimum Gasteiger partial charge on any atom is -0.374 e. The molecule has 0 fully saturated rings. The van der Waals surface area contributed by atoms with Crippen LogP contribution >= 0.6 is 12.4 Å². The van der Waals surface area contributed by atoms with Crippen molar-refractivity contribution in [1.82, 2.24) is 24.2 Å². The molecule has 1 aromatic carbocycles. The zero-order valence-corrected chi connectivity index (χ0v) is 18.2. The molecule has 4 rings (SSSR count). The number of alkyl halides is 3. The number of amides is 1. The molecule has 0 spiro atoms.